The number of thiazole rings is 1. The van der Waals surface area contributed by atoms with Gasteiger partial charge in [0.2, 0.25) is 0 Å². The molecule has 0 aliphatic heterocycles. The number of nitrogens with two attached hydrogens (primary N) is 1. The third kappa shape index (κ3) is 2.50. The van der Waals surface area contributed by atoms with Crippen LogP contribution in [-0.4, -0.2) is 9.91 Å². The molecule has 0 atom stereocenters. The van der Waals surface area contributed by atoms with E-state index < -0.39 is 4.92 Å². The van der Waals surface area contributed by atoms with E-state index in [0.717, 1.165) is 9.10 Å². The fourth-order valence-corrected chi connectivity index (χ4v) is 2.81. The van der Waals surface area contributed by atoms with Crippen LogP contribution in [0.15, 0.2) is 39.6 Å². The third-order valence-electron chi connectivity index (χ3n) is 1.77. The number of nitrogen functional groups attached to an aromatic ring is 1. The number of hydrogen-bond acceptors (Lipinski definition) is 6. The highest BCUT2D eigenvalue weighted by Gasteiger charge is 2.06. The summed E-state index contributed by atoms with van der Waals surface area (Å²) in [5.74, 6) is 0. The summed E-state index contributed by atoms with van der Waals surface area (Å²) in [5, 5.41) is 11.0. The molecular weight excluding hydrogens is 246 g/mol. The predicted molar refractivity (Wildman–Crippen MR) is 63.7 cm³/mol. The Morgan fingerprint density at radius 1 is 1.38 bits per heavy atom. The topological polar surface area (TPSA) is 82.0 Å². The van der Waals surface area contributed by atoms with Crippen molar-refractivity contribution in [2.45, 2.75) is 9.10 Å². The maximum Gasteiger partial charge on any atom is 0.269 e. The molecule has 7 heteroatoms. The largest absolute Gasteiger partial charge is 0.375 e. The first-order valence-electron chi connectivity index (χ1n) is 4.29. The van der Waals surface area contributed by atoms with Gasteiger partial charge < -0.3 is 5.73 Å². The van der Waals surface area contributed by atoms with Crippen molar-refractivity contribution in [3.8, 4) is 0 Å². The Morgan fingerprint density at radius 2 is 2.06 bits per heavy atom. The molecule has 0 saturated carbocycles. The van der Waals surface area contributed by atoms with E-state index in [2.05, 4.69) is 4.98 Å². The summed E-state index contributed by atoms with van der Waals surface area (Å²) in [6.45, 7) is 0. The highest BCUT2D eigenvalue weighted by atomic mass is 32.2. The third-order valence-corrected chi connectivity index (χ3v) is 3.70. The van der Waals surface area contributed by atoms with Crippen molar-refractivity contribution >= 4 is 33.9 Å². The molecule has 0 aliphatic rings. The Balaban J connectivity index is 2.14. The number of nitrogens with zero attached hydrogens (tertiary/aromatic N) is 2. The average molecular weight is 253 g/mol. The van der Waals surface area contributed by atoms with Gasteiger partial charge in [-0.15, -0.1) is 0 Å². The fraction of sp³-hybridized carbons (Fsp3) is 0. The highest BCUT2D eigenvalue weighted by Crippen LogP contribution is 2.33. The van der Waals surface area contributed by atoms with Gasteiger partial charge in [0.25, 0.3) is 5.69 Å². The Bertz CT molecular complexity index is 510. The lowest BCUT2D eigenvalue weighted by molar-refractivity contribution is -0.384. The summed E-state index contributed by atoms with van der Waals surface area (Å²) in [6.07, 6.45) is 1.69. The van der Waals surface area contributed by atoms with Gasteiger partial charge in [0, 0.05) is 17.0 Å². The highest BCUT2D eigenvalue weighted by molar-refractivity contribution is 8.01. The molecule has 2 rings (SSSR count). The first-order valence-corrected chi connectivity index (χ1v) is 5.92. The molecule has 0 radical (unpaired) electrons. The number of nitro groups is 1. The maximum absolute atomic E-state index is 10.4. The average Bonchev–Trinajstić information content (AvgIpc) is 2.65. The standard InChI is InChI=1S/C9H7N3O2S2/c10-9-11-5-8(16-9)15-7-3-1-6(2-4-7)12(13)14/h1-5H,(H2,10,11). The molecule has 2 aromatic rings. The number of benzene rings is 1. The molecule has 5 nitrogen and oxygen atoms in total. The van der Waals surface area contributed by atoms with Crippen LogP contribution in [0.3, 0.4) is 0 Å². The van der Waals surface area contributed by atoms with Crippen LogP contribution in [0.25, 0.3) is 0 Å². The second kappa shape index (κ2) is 4.50. The zero-order chi connectivity index (χ0) is 11.5. The van der Waals surface area contributed by atoms with E-state index >= 15 is 0 Å². The Hall–Kier alpha value is -1.60. The summed E-state index contributed by atoms with van der Waals surface area (Å²) in [4.78, 5) is 14.9. The molecular formula is C9H7N3O2S2. The molecule has 1 aromatic heterocycles. The van der Waals surface area contributed by atoms with E-state index in [9.17, 15) is 10.1 Å². The van der Waals surface area contributed by atoms with Gasteiger partial charge in [0.05, 0.1) is 15.3 Å². The van der Waals surface area contributed by atoms with Crippen LogP contribution in [0.4, 0.5) is 10.8 Å². The van der Waals surface area contributed by atoms with E-state index in [0.29, 0.717) is 5.13 Å². The molecule has 1 heterocycles. The summed E-state index contributed by atoms with van der Waals surface area (Å²) in [7, 11) is 0. The molecule has 0 unspecified atom stereocenters. The molecule has 0 spiro atoms. The van der Waals surface area contributed by atoms with Crippen molar-refractivity contribution in [1.82, 2.24) is 4.98 Å². The zero-order valence-corrected chi connectivity index (χ0v) is 9.62. The summed E-state index contributed by atoms with van der Waals surface area (Å²) in [6, 6.07) is 6.37. The van der Waals surface area contributed by atoms with Gasteiger partial charge in [-0.1, -0.05) is 23.1 Å². The molecule has 0 aliphatic carbocycles. The van der Waals surface area contributed by atoms with Crippen molar-refractivity contribution in [3.63, 3.8) is 0 Å². The minimum absolute atomic E-state index is 0.0909. The summed E-state index contributed by atoms with van der Waals surface area (Å²) < 4.78 is 0.964. The lowest BCUT2D eigenvalue weighted by atomic mass is 10.3. The Labute approximate surface area is 99.5 Å². The lowest BCUT2D eigenvalue weighted by Crippen LogP contribution is -1.86. The van der Waals surface area contributed by atoms with Crippen LogP contribution in [-0.2, 0) is 0 Å². The van der Waals surface area contributed by atoms with Crippen LogP contribution in [0.1, 0.15) is 0 Å². The van der Waals surface area contributed by atoms with Gasteiger partial charge in [-0.05, 0) is 12.1 Å². The van der Waals surface area contributed by atoms with Gasteiger partial charge in [-0.3, -0.25) is 10.1 Å². The van der Waals surface area contributed by atoms with Gasteiger partial charge in [-0.2, -0.15) is 0 Å². The van der Waals surface area contributed by atoms with Crippen LogP contribution in [0.5, 0.6) is 0 Å². The van der Waals surface area contributed by atoms with Crippen molar-refractivity contribution in [2.24, 2.45) is 0 Å². The van der Waals surface area contributed by atoms with Crippen molar-refractivity contribution in [1.29, 1.82) is 0 Å². The van der Waals surface area contributed by atoms with Crippen LogP contribution >= 0.6 is 23.1 Å². The second-order valence-corrected chi connectivity index (χ2v) is 5.31. The molecule has 0 fully saturated rings. The molecule has 1 aromatic carbocycles. The van der Waals surface area contributed by atoms with Crippen LogP contribution in [0, 0.1) is 10.1 Å². The van der Waals surface area contributed by atoms with E-state index in [4.69, 9.17) is 5.73 Å². The molecule has 2 N–H and O–H groups in total. The van der Waals surface area contributed by atoms with Crippen LogP contribution in [0.2, 0.25) is 0 Å². The first kappa shape index (κ1) is 10.9. The number of anilines is 1. The minimum atomic E-state index is -0.418. The number of non-ortho nitro benzene ring substituents is 1. The van der Waals surface area contributed by atoms with Gasteiger partial charge in [0.1, 0.15) is 0 Å². The van der Waals surface area contributed by atoms with Crippen molar-refractivity contribution in [3.05, 3.63) is 40.6 Å². The van der Waals surface area contributed by atoms with Crippen molar-refractivity contribution < 1.29 is 4.92 Å². The fourth-order valence-electron chi connectivity index (χ4n) is 1.07. The van der Waals surface area contributed by atoms with E-state index in [-0.39, 0.29) is 5.69 Å². The number of nitro benzene ring substituents is 1. The molecule has 0 amide bonds. The monoisotopic (exact) mass is 253 g/mol. The zero-order valence-electron chi connectivity index (χ0n) is 7.99. The van der Waals surface area contributed by atoms with E-state index in [1.807, 2.05) is 0 Å². The second-order valence-electron chi connectivity index (χ2n) is 2.87. The Kier molecular flexibility index (Phi) is 3.07. The molecule has 0 bridgehead atoms. The first-order chi connectivity index (χ1) is 7.65. The Morgan fingerprint density at radius 3 is 2.56 bits per heavy atom. The van der Waals surface area contributed by atoms with Crippen LogP contribution < -0.4 is 5.73 Å². The van der Waals surface area contributed by atoms with E-state index in [1.54, 1.807) is 18.3 Å². The minimum Gasteiger partial charge on any atom is -0.375 e. The lowest BCUT2D eigenvalue weighted by Gasteiger charge is -1.96. The summed E-state index contributed by atoms with van der Waals surface area (Å²) >= 11 is 2.87. The van der Waals surface area contributed by atoms with Gasteiger partial charge >= 0.3 is 0 Å². The van der Waals surface area contributed by atoms with Crippen molar-refractivity contribution in [2.75, 3.05) is 5.73 Å². The molecule has 82 valence electrons. The van der Waals surface area contributed by atoms with Gasteiger partial charge in [0.15, 0.2) is 5.13 Å². The quantitative estimate of drug-likeness (QED) is 0.671. The smallest absolute Gasteiger partial charge is 0.269 e. The molecule has 16 heavy (non-hydrogen) atoms. The summed E-state index contributed by atoms with van der Waals surface area (Å²) in [5.41, 5.74) is 5.59. The predicted octanol–water partition coefficient (Wildman–Crippen LogP) is 2.78. The SMILES string of the molecule is Nc1ncc(Sc2ccc([N+](=O)[O-])cc2)s1. The van der Waals surface area contributed by atoms with E-state index in [1.165, 1.54) is 35.2 Å². The number of hydrogen-bond donors (Lipinski definition) is 1. The molecule has 0 saturated heterocycles. The maximum atomic E-state index is 10.4. The number of aromatic nitrogens is 1. The van der Waals surface area contributed by atoms with Gasteiger partial charge in [-0.25, -0.2) is 4.98 Å². The number of rotatable bonds is 3. The normalized spacial score (nSPS) is 10.2.